The molecule has 20 heavy (non-hydrogen) atoms. The fourth-order valence-electron chi connectivity index (χ4n) is 1.52. The second-order valence-electron chi connectivity index (χ2n) is 3.96. The summed E-state index contributed by atoms with van der Waals surface area (Å²) in [7, 11) is 1.53. The average Bonchev–Trinajstić information content (AvgIpc) is 2.86. The number of hydrogen-bond donors (Lipinski definition) is 1. The minimum absolute atomic E-state index is 0.0899. The summed E-state index contributed by atoms with van der Waals surface area (Å²) < 4.78 is 45.8. The van der Waals surface area contributed by atoms with Gasteiger partial charge in [0.2, 0.25) is 11.7 Å². The summed E-state index contributed by atoms with van der Waals surface area (Å²) in [4.78, 5) is 4.01. The van der Waals surface area contributed by atoms with Crippen molar-refractivity contribution in [1.29, 1.82) is 0 Å². The van der Waals surface area contributed by atoms with Crippen molar-refractivity contribution in [2.24, 2.45) is 0 Å². The lowest BCUT2D eigenvalue weighted by atomic mass is 10.2. The Labute approximate surface area is 112 Å². The molecular weight excluding hydrogens is 275 g/mol. The minimum Gasteiger partial charge on any atom is -0.497 e. The van der Waals surface area contributed by atoms with Crippen LogP contribution in [0.1, 0.15) is 5.89 Å². The zero-order valence-corrected chi connectivity index (χ0v) is 10.6. The number of halogens is 3. The predicted molar refractivity (Wildman–Crippen MR) is 64.0 cm³/mol. The largest absolute Gasteiger partial charge is 0.497 e. The lowest BCUT2D eigenvalue weighted by molar-refractivity contribution is -0.125. The number of rotatable bonds is 5. The number of nitrogens with one attached hydrogen (secondary N) is 1. The van der Waals surface area contributed by atoms with E-state index in [2.05, 4.69) is 15.5 Å². The number of methoxy groups -OCH3 is 1. The molecule has 0 spiro atoms. The van der Waals surface area contributed by atoms with Gasteiger partial charge in [-0.15, -0.1) is 0 Å². The molecule has 108 valence electrons. The van der Waals surface area contributed by atoms with Crippen LogP contribution >= 0.6 is 0 Å². The molecule has 0 aliphatic rings. The zero-order valence-electron chi connectivity index (χ0n) is 10.6. The van der Waals surface area contributed by atoms with Crippen LogP contribution < -0.4 is 10.1 Å². The number of aromatic nitrogens is 2. The standard InChI is InChI=1S/C12H12F3N3O2/c1-19-9-4-2-3-8(5-9)11-17-10(20-18-11)6-16-7-12(13,14)15/h2-5,16H,6-7H2,1H3. The molecule has 0 fully saturated rings. The third-order valence-electron chi connectivity index (χ3n) is 2.40. The Balaban J connectivity index is 2.01. The second-order valence-corrected chi connectivity index (χ2v) is 3.96. The molecule has 1 N–H and O–H groups in total. The first-order valence-electron chi connectivity index (χ1n) is 5.72. The van der Waals surface area contributed by atoms with Crippen molar-refractivity contribution in [1.82, 2.24) is 15.5 Å². The van der Waals surface area contributed by atoms with Gasteiger partial charge in [0.05, 0.1) is 20.2 Å². The summed E-state index contributed by atoms with van der Waals surface area (Å²) in [6, 6.07) is 6.97. The predicted octanol–water partition coefficient (Wildman–Crippen LogP) is 2.40. The minimum atomic E-state index is -4.27. The van der Waals surface area contributed by atoms with E-state index in [1.165, 1.54) is 7.11 Å². The highest BCUT2D eigenvalue weighted by molar-refractivity contribution is 5.56. The van der Waals surface area contributed by atoms with E-state index < -0.39 is 12.7 Å². The SMILES string of the molecule is COc1cccc(-c2noc(CNCC(F)(F)F)n2)c1. The number of nitrogens with zero attached hydrogens (tertiary/aromatic N) is 2. The smallest absolute Gasteiger partial charge is 0.401 e. The lowest BCUT2D eigenvalue weighted by Gasteiger charge is -2.05. The Kier molecular flexibility index (Phi) is 4.23. The highest BCUT2D eigenvalue weighted by Crippen LogP contribution is 2.21. The molecule has 0 saturated carbocycles. The van der Waals surface area contributed by atoms with Crippen LogP contribution in [0.15, 0.2) is 28.8 Å². The molecule has 0 bridgehead atoms. The molecule has 2 aromatic rings. The van der Waals surface area contributed by atoms with Crippen LogP contribution in [0.3, 0.4) is 0 Å². The molecule has 1 aromatic carbocycles. The molecule has 0 amide bonds. The Morgan fingerprint density at radius 3 is 2.85 bits per heavy atom. The van der Waals surface area contributed by atoms with Gasteiger partial charge in [0, 0.05) is 5.56 Å². The number of ether oxygens (including phenoxy) is 1. The topological polar surface area (TPSA) is 60.2 Å². The van der Waals surface area contributed by atoms with Gasteiger partial charge < -0.3 is 14.6 Å². The Morgan fingerprint density at radius 1 is 1.35 bits per heavy atom. The lowest BCUT2D eigenvalue weighted by Crippen LogP contribution is -2.28. The van der Waals surface area contributed by atoms with Crippen molar-refractivity contribution in [2.75, 3.05) is 13.7 Å². The molecule has 0 atom stereocenters. The van der Waals surface area contributed by atoms with Crippen molar-refractivity contribution in [3.8, 4) is 17.1 Å². The van der Waals surface area contributed by atoms with Gasteiger partial charge in [-0.3, -0.25) is 0 Å². The summed E-state index contributed by atoms with van der Waals surface area (Å²) in [6.07, 6.45) is -4.27. The third-order valence-corrected chi connectivity index (χ3v) is 2.40. The van der Waals surface area contributed by atoms with E-state index in [1.807, 2.05) is 0 Å². The van der Waals surface area contributed by atoms with Gasteiger partial charge in [0.1, 0.15) is 5.75 Å². The van der Waals surface area contributed by atoms with Crippen molar-refractivity contribution in [2.45, 2.75) is 12.7 Å². The van der Waals surface area contributed by atoms with E-state index in [9.17, 15) is 13.2 Å². The molecule has 2 rings (SSSR count). The molecule has 0 saturated heterocycles. The van der Waals surface area contributed by atoms with Crippen molar-refractivity contribution < 1.29 is 22.4 Å². The van der Waals surface area contributed by atoms with Crippen LogP contribution in [0.4, 0.5) is 13.2 Å². The first-order valence-corrected chi connectivity index (χ1v) is 5.72. The fourth-order valence-corrected chi connectivity index (χ4v) is 1.52. The monoisotopic (exact) mass is 287 g/mol. The van der Waals surface area contributed by atoms with E-state index >= 15 is 0 Å². The van der Waals surface area contributed by atoms with Crippen LogP contribution in [-0.4, -0.2) is 30.0 Å². The summed E-state index contributed by atoms with van der Waals surface area (Å²) in [5.74, 6) is 1.02. The summed E-state index contributed by atoms with van der Waals surface area (Å²) in [5, 5.41) is 5.90. The molecule has 0 aliphatic heterocycles. The highest BCUT2D eigenvalue weighted by Gasteiger charge is 2.26. The average molecular weight is 287 g/mol. The van der Waals surface area contributed by atoms with Crippen molar-refractivity contribution in [3.05, 3.63) is 30.2 Å². The van der Waals surface area contributed by atoms with Gasteiger partial charge in [0.15, 0.2) is 0 Å². The maximum absolute atomic E-state index is 12.0. The van der Waals surface area contributed by atoms with Gasteiger partial charge in [-0.25, -0.2) is 0 Å². The molecule has 1 aromatic heterocycles. The number of alkyl halides is 3. The van der Waals surface area contributed by atoms with Gasteiger partial charge in [-0.1, -0.05) is 17.3 Å². The third kappa shape index (κ3) is 3.95. The van der Waals surface area contributed by atoms with E-state index in [0.717, 1.165) is 0 Å². The molecule has 0 unspecified atom stereocenters. The molecule has 0 radical (unpaired) electrons. The Morgan fingerprint density at radius 2 is 2.15 bits per heavy atom. The first kappa shape index (κ1) is 14.3. The van der Waals surface area contributed by atoms with Gasteiger partial charge in [0.25, 0.3) is 0 Å². The molecule has 8 heteroatoms. The van der Waals surface area contributed by atoms with Gasteiger partial charge in [-0.05, 0) is 12.1 Å². The van der Waals surface area contributed by atoms with Crippen LogP contribution in [-0.2, 0) is 6.54 Å². The summed E-state index contributed by atoms with van der Waals surface area (Å²) in [5.41, 5.74) is 0.662. The van der Waals surface area contributed by atoms with E-state index in [-0.39, 0.29) is 12.4 Å². The summed E-state index contributed by atoms with van der Waals surface area (Å²) >= 11 is 0. The van der Waals surface area contributed by atoms with E-state index in [4.69, 9.17) is 9.26 Å². The van der Waals surface area contributed by atoms with E-state index in [0.29, 0.717) is 17.1 Å². The van der Waals surface area contributed by atoms with Gasteiger partial charge in [-0.2, -0.15) is 18.2 Å². The van der Waals surface area contributed by atoms with E-state index in [1.54, 1.807) is 24.3 Å². The maximum atomic E-state index is 12.0. The number of benzene rings is 1. The Hall–Kier alpha value is -2.09. The first-order chi connectivity index (χ1) is 9.48. The Bertz CT molecular complexity index is 569. The van der Waals surface area contributed by atoms with Crippen LogP contribution in [0.25, 0.3) is 11.4 Å². The van der Waals surface area contributed by atoms with Crippen LogP contribution in [0, 0.1) is 0 Å². The van der Waals surface area contributed by atoms with Crippen molar-refractivity contribution in [3.63, 3.8) is 0 Å². The normalized spacial score (nSPS) is 11.6. The maximum Gasteiger partial charge on any atom is 0.401 e. The molecule has 1 heterocycles. The highest BCUT2D eigenvalue weighted by atomic mass is 19.4. The van der Waals surface area contributed by atoms with Crippen LogP contribution in [0.2, 0.25) is 0 Å². The molecule has 0 aliphatic carbocycles. The quantitative estimate of drug-likeness (QED) is 0.915. The van der Waals surface area contributed by atoms with Crippen LogP contribution in [0.5, 0.6) is 5.75 Å². The van der Waals surface area contributed by atoms with Crippen molar-refractivity contribution >= 4 is 0 Å². The molecular formula is C12H12F3N3O2. The fraction of sp³-hybridized carbons (Fsp3) is 0.333. The van der Waals surface area contributed by atoms with Gasteiger partial charge >= 0.3 is 6.18 Å². The summed E-state index contributed by atoms with van der Waals surface area (Å²) in [6.45, 7) is -1.25. The second kappa shape index (κ2) is 5.91. The molecule has 5 nitrogen and oxygen atoms in total. The number of hydrogen-bond acceptors (Lipinski definition) is 5. The zero-order chi connectivity index (χ0) is 14.6.